The van der Waals surface area contributed by atoms with Gasteiger partial charge in [-0.1, -0.05) is 37.6 Å². The molecule has 0 unspecified atom stereocenters. The van der Waals surface area contributed by atoms with Crippen molar-refractivity contribution in [2.45, 2.75) is 47.0 Å². The average molecular weight is 296 g/mol. The van der Waals surface area contributed by atoms with Gasteiger partial charge in [-0.25, -0.2) is 0 Å². The molecule has 1 N–H and O–H groups in total. The minimum absolute atomic E-state index is 0.0950. The number of hydrogen-bond donors (Lipinski definition) is 1. The van der Waals surface area contributed by atoms with Crippen LogP contribution in [0.5, 0.6) is 0 Å². The fourth-order valence-electron chi connectivity index (χ4n) is 2.20. The van der Waals surface area contributed by atoms with Crippen molar-refractivity contribution in [3.63, 3.8) is 0 Å². The van der Waals surface area contributed by atoms with E-state index in [0.717, 1.165) is 18.4 Å². The van der Waals surface area contributed by atoms with Crippen molar-refractivity contribution in [1.82, 2.24) is 5.32 Å². The lowest BCUT2D eigenvalue weighted by Crippen LogP contribution is -2.35. The third-order valence-electron chi connectivity index (χ3n) is 3.61. The second-order valence-corrected chi connectivity index (χ2v) is 6.72. The van der Waals surface area contributed by atoms with Crippen LogP contribution in [-0.2, 0) is 11.2 Å². The maximum absolute atomic E-state index is 12.1. The summed E-state index contributed by atoms with van der Waals surface area (Å²) in [6, 6.07) is 6.24. The van der Waals surface area contributed by atoms with Crippen LogP contribution in [-0.4, -0.2) is 18.3 Å². The highest BCUT2D eigenvalue weighted by atomic mass is 35.5. The average Bonchev–Trinajstić information content (AvgIpc) is 2.39. The van der Waals surface area contributed by atoms with Gasteiger partial charge in [-0.15, -0.1) is 11.6 Å². The highest BCUT2D eigenvalue weighted by molar-refractivity contribution is 6.17. The fraction of sp³-hybridized carbons (Fsp3) is 0.588. The Kier molecular flexibility index (Phi) is 6.54. The first-order valence-electron chi connectivity index (χ1n) is 7.23. The Labute approximate surface area is 127 Å². The number of hydrogen-bond acceptors (Lipinski definition) is 1. The molecule has 112 valence electrons. The standard InChI is InChI=1S/C17H26ClNO/c1-13-6-7-14(2)15(10-13)11-16(20)19-12-17(3,4)8-5-9-18/h6-7,10H,5,8-9,11-12H2,1-4H3,(H,19,20). The monoisotopic (exact) mass is 295 g/mol. The highest BCUT2D eigenvalue weighted by Gasteiger charge is 2.18. The number of carbonyl (C=O) groups is 1. The molecule has 0 radical (unpaired) electrons. The molecule has 1 aromatic rings. The van der Waals surface area contributed by atoms with E-state index in [9.17, 15) is 4.79 Å². The molecule has 1 rings (SSSR count). The molecule has 0 saturated carbocycles. The predicted octanol–water partition coefficient (Wildman–Crippen LogP) is 4.01. The van der Waals surface area contributed by atoms with Crippen molar-refractivity contribution in [3.8, 4) is 0 Å². The molecule has 0 spiro atoms. The minimum Gasteiger partial charge on any atom is -0.355 e. The van der Waals surface area contributed by atoms with Gasteiger partial charge in [-0.3, -0.25) is 4.79 Å². The topological polar surface area (TPSA) is 29.1 Å². The van der Waals surface area contributed by atoms with Crippen LogP contribution in [0.3, 0.4) is 0 Å². The van der Waals surface area contributed by atoms with Crippen LogP contribution in [0.2, 0.25) is 0 Å². The second-order valence-electron chi connectivity index (χ2n) is 6.34. The number of benzene rings is 1. The lowest BCUT2D eigenvalue weighted by molar-refractivity contribution is -0.120. The van der Waals surface area contributed by atoms with E-state index < -0.39 is 0 Å². The Hall–Kier alpha value is -1.02. The van der Waals surface area contributed by atoms with E-state index in [2.05, 4.69) is 44.3 Å². The Morgan fingerprint density at radius 3 is 2.65 bits per heavy atom. The van der Waals surface area contributed by atoms with Crippen LogP contribution in [0.25, 0.3) is 0 Å². The van der Waals surface area contributed by atoms with Gasteiger partial charge < -0.3 is 5.32 Å². The smallest absolute Gasteiger partial charge is 0.224 e. The van der Waals surface area contributed by atoms with E-state index >= 15 is 0 Å². The summed E-state index contributed by atoms with van der Waals surface area (Å²) in [5.41, 5.74) is 3.58. The minimum atomic E-state index is 0.0950. The number of halogens is 1. The van der Waals surface area contributed by atoms with Crippen LogP contribution >= 0.6 is 11.6 Å². The van der Waals surface area contributed by atoms with Gasteiger partial charge in [0.15, 0.2) is 0 Å². The number of aryl methyl sites for hydroxylation is 2. The summed E-state index contributed by atoms with van der Waals surface area (Å²) in [6.45, 7) is 9.13. The predicted molar refractivity (Wildman–Crippen MR) is 86.4 cm³/mol. The zero-order chi connectivity index (χ0) is 15.2. The molecular weight excluding hydrogens is 270 g/mol. The van der Waals surface area contributed by atoms with E-state index in [0.29, 0.717) is 18.8 Å². The van der Waals surface area contributed by atoms with Crippen molar-refractivity contribution in [2.75, 3.05) is 12.4 Å². The van der Waals surface area contributed by atoms with E-state index in [1.165, 1.54) is 11.1 Å². The third kappa shape index (κ3) is 5.96. The van der Waals surface area contributed by atoms with Gasteiger partial charge in [-0.05, 0) is 43.2 Å². The number of rotatable bonds is 7. The van der Waals surface area contributed by atoms with Crippen molar-refractivity contribution >= 4 is 17.5 Å². The molecule has 0 atom stereocenters. The van der Waals surface area contributed by atoms with E-state index in [1.807, 2.05) is 6.92 Å². The maximum atomic E-state index is 12.1. The van der Waals surface area contributed by atoms with Gasteiger partial charge in [0.25, 0.3) is 0 Å². The molecule has 0 heterocycles. The molecule has 3 heteroatoms. The van der Waals surface area contributed by atoms with Crippen molar-refractivity contribution < 1.29 is 4.79 Å². The molecule has 0 aliphatic carbocycles. The summed E-state index contributed by atoms with van der Waals surface area (Å²) in [4.78, 5) is 12.1. The van der Waals surface area contributed by atoms with Gasteiger partial charge in [0, 0.05) is 12.4 Å². The number of amides is 1. The van der Waals surface area contributed by atoms with Gasteiger partial charge >= 0.3 is 0 Å². The summed E-state index contributed by atoms with van der Waals surface area (Å²) in [5, 5.41) is 3.04. The third-order valence-corrected chi connectivity index (χ3v) is 3.87. The first kappa shape index (κ1) is 17.0. The van der Waals surface area contributed by atoms with Gasteiger partial charge in [0.2, 0.25) is 5.91 Å². The Morgan fingerprint density at radius 1 is 1.30 bits per heavy atom. The number of alkyl halides is 1. The normalized spacial score (nSPS) is 11.4. The molecule has 0 saturated heterocycles. The van der Waals surface area contributed by atoms with E-state index in [-0.39, 0.29) is 11.3 Å². The van der Waals surface area contributed by atoms with Gasteiger partial charge in [0.1, 0.15) is 0 Å². The summed E-state index contributed by atoms with van der Waals surface area (Å²) in [6.07, 6.45) is 2.47. The van der Waals surface area contributed by atoms with E-state index in [1.54, 1.807) is 0 Å². The quantitative estimate of drug-likeness (QED) is 0.757. The van der Waals surface area contributed by atoms with Crippen LogP contribution in [0.15, 0.2) is 18.2 Å². The fourth-order valence-corrected chi connectivity index (χ4v) is 2.33. The lowest BCUT2D eigenvalue weighted by atomic mass is 9.88. The molecule has 1 amide bonds. The molecule has 0 aromatic heterocycles. The molecule has 0 aliphatic heterocycles. The molecular formula is C17H26ClNO. The summed E-state index contributed by atoms with van der Waals surface area (Å²) >= 11 is 5.72. The maximum Gasteiger partial charge on any atom is 0.224 e. The van der Waals surface area contributed by atoms with Gasteiger partial charge in [-0.2, -0.15) is 0 Å². The Morgan fingerprint density at radius 2 is 2.00 bits per heavy atom. The molecule has 20 heavy (non-hydrogen) atoms. The van der Waals surface area contributed by atoms with Crippen LogP contribution < -0.4 is 5.32 Å². The van der Waals surface area contributed by atoms with Crippen LogP contribution in [0.4, 0.5) is 0 Å². The number of carbonyl (C=O) groups excluding carboxylic acids is 1. The first-order chi connectivity index (χ1) is 9.34. The largest absolute Gasteiger partial charge is 0.355 e. The summed E-state index contributed by atoms with van der Waals surface area (Å²) < 4.78 is 0. The van der Waals surface area contributed by atoms with Gasteiger partial charge in [0.05, 0.1) is 6.42 Å². The molecule has 0 fully saturated rings. The zero-order valence-corrected chi connectivity index (χ0v) is 13.8. The zero-order valence-electron chi connectivity index (χ0n) is 13.1. The Bertz CT molecular complexity index is 454. The molecule has 2 nitrogen and oxygen atoms in total. The highest BCUT2D eigenvalue weighted by Crippen LogP contribution is 2.21. The SMILES string of the molecule is Cc1ccc(C)c(CC(=O)NCC(C)(C)CCCCl)c1. The molecule has 1 aromatic carbocycles. The van der Waals surface area contributed by atoms with Crippen LogP contribution in [0, 0.1) is 19.3 Å². The van der Waals surface area contributed by atoms with Crippen molar-refractivity contribution in [1.29, 1.82) is 0 Å². The Balaban J connectivity index is 2.49. The lowest BCUT2D eigenvalue weighted by Gasteiger charge is -2.24. The molecule has 0 aliphatic rings. The second kappa shape index (κ2) is 7.68. The van der Waals surface area contributed by atoms with E-state index in [4.69, 9.17) is 11.6 Å². The summed E-state index contributed by atoms with van der Waals surface area (Å²) in [7, 11) is 0. The first-order valence-corrected chi connectivity index (χ1v) is 7.76. The van der Waals surface area contributed by atoms with Crippen LogP contribution in [0.1, 0.15) is 43.4 Å². The molecule has 0 bridgehead atoms. The summed E-state index contributed by atoms with van der Waals surface area (Å²) in [5.74, 6) is 0.775. The number of nitrogens with one attached hydrogen (secondary N) is 1. The van der Waals surface area contributed by atoms with Crippen molar-refractivity contribution in [2.24, 2.45) is 5.41 Å². The van der Waals surface area contributed by atoms with Crippen molar-refractivity contribution in [3.05, 3.63) is 34.9 Å².